The molecule has 0 saturated carbocycles. The maximum absolute atomic E-state index is 6.05. The molecular formula is C14H22N2O. The van der Waals surface area contributed by atoms with Crippen molar-refractivity contribution >= 4 is 11.4 Å². The highest BCUT2D eigenvalue weighted by Crippen LogP contribution is 2.33. The fourth-order valence-corrected chi connectivity index (χ4v) is 2.47. The largest absolute Gasteiger partial charge is 0.497 e. The summed E-state index contributed by atoms with van der Waals surface area (Å²) >= 11 is 0. The second-order valence-electron chi connectivity index (χ2n) is 5.16. The third kappa shape index (κ3) is 2.48. The van der Waals surface area contributed by atoms with Gasteiger partial charge in [0, 0.05) is 19.2 Å². The van der Waals surface area contributed by atoms with Crippen molar-refractivity contribution in [3.63, 3.8) is 0 Å². The Bertz CT molecular complexity index is 390. The molecule has 3 nitrogen and oxygen atoms in total. The Morgan fingerprint density at radius 1 is 1.41 bits per heavy atom. The summed E-state index contributed by atoms with van der Waals surface area (Å²) in [5.41, 5.74) is 8.01. The maximum Gasteiger partial charge on any atom is 0.121 e. The number of benzene rings is 1. The van der Waals surface area contributed by atoms with E-state index in [0.29, 0.717) is 0 Å². The van der Waals surface area contributed by atoms with Crippen LogP contribution >= 0.6 is 0 Å². The minimum absolute atomic E-state index is 0.742. The number of nitrogens with two attached hydrogens (primary N) is 1. The van der Waals surface area contributed by atoms with Crippen LogP contribution in [0.4, 0.5) is 11.4 Å². The zero-order chi connectivity index (χ0) is 12.4. The molecule has 94 valence electrons. The van der Waals surface area contributed by atoms with E-state index in [1.807, 2.05) is 18.2 Å². The van der Waals surface area contributed by atoms with Crippen molar-refractivity contribution in [3.8, 4) is 5.75 Å². The normalized spacial score (nSPS) is 20.0. The molecule has 3 heteroatoms. The molecule has 2 rings (SSSR count). The van der Waals surface area contributed by atoms with E-state index >= 15 is 0 Å². The molecule has 1 heterocycles. The molecular weight excluding hydrogens is 212 g/mol. The van der Waals surface area contributed by atoms with Gasteiger partial charge in [-0.3, -0.25) is 0 Å². The molecule has 17 heavy (non-hydrogen) atoms. The van der Waals surface area contributed by atoms with E-state index in [1.54, 1.807) is 7.11 Å². The molecule has 0 bridgehead atoms. The predicted molar refractivity (Wildman–Crippen MR) is 72.6 cm³/mol. The first kappa shape index (κ1) is 12.1. The first-order chi connectivity index (χ1) is 8.11. The van der Waals surface area contributed by atoms with Crippen LogP contribution in [0.1, 0.15) is 20.3 Å². The number of hydrogen-bond donors (Lipinski definition) is 1. The molecule has 2 N–H and O–H groups in total. The van der Waals surface area contributed by atoms with Crippen LogP contribution in [-0.2, 0) is 0 Å². The Morgan fingerprint density at radius 3 is 2.76 bits per heavy atom. The SMILES string of the molecule is COc1ccc(N)c(N2CCC(C(C)C)C2)c1. The smallest absolute Gasteiger partial charge is 0.121 e. The second-order valence-corrected chi connectivity index (χ2v) is 5.16. The second kappa shape index (κ2) is 4.86. The summed E-state index contributed by atoms with van der Waals surface area (Å²) in [6.45, 7) is 6.79. The third-order valence-corrected chi connectivity index (χ3v) is 3.75. The summed E-state index contributed by atoms with van der Waals surface area (Å²) in [4.78, 5) is 2.38. The van der Waals surface area contributed by atoms with E-state index in [9.17, 15) is 0 Å². The molecule has 0 amide bonds. The summed E-state index contributed by atoms with van der Waals surface area (Å²) < 4.78 is 5.26. The lowest BCUT2D eigenvalue weighted by atomic mass is 9.95. The van der Waals surface area contributed by atoms with Gasteiger partial charge >= 0.3 is 0 Å². The predicted octanol–water partition coefficient (Wildman–Crippen LogP) is 2.76. The van der Waals surface area contributed by atoms with Crippen molar-refractivity contribution in [2.45, 2.75) is 20.3 Å². The zero-order valence-corrected chi connectivity index (χ0v) is 10.9. The van der Waals surface area contributed by atoms with E-state index in [2.05, 4.69) is 18.7 Å². The van der Waals surface area contributed by atoms with Crippen molar-refractivity contribution in [3.05, 3.63) is 18.2 Å². The molecule has 0 aliphatic carbocycles. The Hall–Kier alpha value is -1.38. The van der Waals surface area contributed by atoms with Crippen LogP contribution in [0.15, 0.2) is 18.2 Å². The fraction of sp³-hybridized carbons (Fsp3) is 0.571. The van der Waals surface area contributed by atoms with Gasteiger partial charge in [-0.15, -0.1) is 0 Å². The molecule has 0 radical (unpaired) electrons. The molecule has 0 spiro atoms. The van der Waals surface area contributed by atoms with E-state index in [4.69, 9.17) is 10.5 Å². The highest BCUT2D eigenvalue weighted by molar-refractivity contribution is 5.70. The molecule has 0 aromatic heterocycles. The number of nitrogens with zero attached hydrogens (tertiary/aromatic N) is 1. The lowest BCUT2D eigenvalue weighted by molar-refractivity contribution is 0.414. The minimum atomic E-state index is 0.742. The van der Waals surface area contributed by atoms with E-state index in [0.717, 1.165) is 42.0 Å². The quantitative estimate of drug-likeness (QED) is 0.817. The van der Waals surface area contributed by atoms with Crippen LogP contribution < -0.4 is 15.4 Å². The molecule has 1 saturated heterocycles. The Balaban J connectivity index is 2.18. The number of methoxy groups -OCH3 is 1. The van der Waals surface area contributed by atoms with Crippen molar-refractivity contribution in [1.29, 1.82) is 0 Å². The summed E-state index contributed by atoms with van der Waals surface area (Å²) in [7, 11) is 1.69. The molecule has 1 fully saturated rings. The average Bonchev–Trinajstić information content (AvgIpc) is 2.79. The van der Waals surface area contributed by atoms with Gasteiger partial charge in [-0.1, -0.05) is 13.8 Å². The lowest BCUT2D eigenvalue weighted by Gasteiger charge is -2.22. The van der Waals surface area contributed by atoms with Crippen molar-refractivity contribution in [2.75, 3.05) is 30.8 Å². The maximum atomic E-state index is 6.05. The van der Waals surface area contributed by atoms with Crippen LogP contribution in [0.2, 0.25) is 0 Å². The van der Waals surface area contributed by atoms with Gasteiger partial charge < -0.3 is 15.4 Å². The third-order valence-electron chi connectivity index (χ3n) is 3.75. The number of ether oxygens (including phenoxy) is 1. The minimum Gasteiger partial charge on any atom is -0.497 e. The summed E-state index contributed by atoms with van der Waals surface area (Å²) in [5, 5.41) is 0. The number of rotatable bonds is 3. The Morgan fingerprint density at radius 2 is 2.18 bits per heavy atom. The van der Waals surface area contributed by atoms with Gasteiger partial charge in [0.15, 0.2) is 0 Å². The Labute approximate surface area is 104 Å². The van der Waals surface area contributed by atoms with Crippen LogP contribution in [0.25, 0.3) is 0 Å². The fourth-order valence-electron chi connectivity index (χ4n) is 2.47. The van der Waals surface area contributed by atoms with E-state index in [1.165, 1.54) is 6.42 Å². The highest BCUT2D eigenvalue weighted by atomic mass is 16.5. The van der Waals surface area contributed by atoms with Crippen molar-refractivity contribution in [1.82, 2.24) is 0 Å². The molecule has 1 aliphatic rings. The highest BCUT2D eigenvalue weighted by Gasteiger charge is 2.26. The summed E-state index contributed by atoms with van der Waals surface area (Å²) in [5.74, 6) is 2.40. The topological polar surface area (TPSA) is 38.5 Å². The number of anilines is 2. The molecule has 1 unspecified atom stereocenters. The van der Waals surface area contributed by atoms with Crippen LogP contribution in [-0.4, -0.2) is 20.2 Å². The van der Waals surface area contributed by atoms with Gasteiger partial charge in [0.25, 0.3) is 0 Å². The molecule has 1 aromatic rings. The standard InChI is InChI=1S/C14H22N2O/c1-10(2)11-6-7-16(9-11)14-8-12(17-3)4-5-13(14)15/h4-5,8,10-11H,6-7,9,15H2,1-3H3. The van der Waals surface area contributed by atoms with Gasteiger partial charge in [-0.25, -0.2) is 0 Å². The monoisotopic (exact) mass is 234 g/mol. The Kier molecular flexibility index (Phi) is 3.46. The molecule has 1 aromatic carbocycles. The van der Waals surface area contributed by atoms with Gasteiger partial charge in [-0.05, 0) is 30.4 Å². The van der Waals surface area contributed by atoms with Gasteiger partial charge in [-0.2, -0.15) is 0 Å². The zero-order valence-electron chi connectivity index (χ0n) is 10.9. The average molecular weight is 234 g/mol. The van der Waals surface area contributed by atoms with Gasteiger partial charge in [0.05, 0.1) is 18.5 Å². The van der Waals surface area contributed by atoms with E-state index in [-0.39, 0.29) is 0 Å². The molecule has 1 atom stereocenters. The number of nitrogen functional groups attached to an aromatic ring is 1. The number of hydrogen-bond acceptors (Lipinski definition) is 3. The van der Waals surface area contributed by atoms with Gasteiger partial charge in [0.2, 0.25) is 0 Å². The van der Waals surface area contributed by atoms with Crippen LogP contribution in [0.3, 0.4) is 0 Å². The van der Waals surface area contributed by atoms with E-state index < -0.39 is 0 Å². The van der Waals surface area contributed by atoms with Crippen LogP contribution in [0, 0.1) is 11.8 Å². The summed E-state index contributed by atoms with van der Waals surface area (Å²) in [6.07, 6.45) is 1.26. The lowest BCUT2D eigenvalue weighted by Crippen LogP contribution is -2.22. The summed E-state index contributed by atoms with van der Waals surface area (Å²) in [6, 6.07) is 5.88. The van der Waals surface area contributed by atoms with Gasteiger partial charge in [0.1, 0.15) is 5.75 Å². The van der Waals surface area contributed by atoms with Crippen LogP contribution in [0.5, 0.6) is 5.75 Å². The first-order valence-electron chi connectivity index (χ1n) is 6.30. The van der Waals surface area contributed by atoms with Crippen molar-refractivity contribution < 1.29 is 4.74 Å². The van der Waals surface area contributed by atoms with Crippen molar-refractivity contribution in [2.24, 2.45) is 11.8 Å². The first-order valence-corrected chi connectivity index (χ1v) is 6.30. The molecule has 1 aliphatic heterocycles.